The fourth-order valence-electron chi connectivity index (χ4n) is 1.79. The van der Waals surface area contributed by atoms with Gasteiger partial charge in [-0.1, -0.05) is 39.0 Å². The van der Waals surface area contributed by atoms with Crippen molar-refractivity contribution in [1.29, 1.82) is 0 Å². The SMILES string of the molecule is CC(C)(C)C(=O)COc1ccc(NC(=O)c2ccccc2)cc1. The minimum Gasteiger partial charge on any atom is -0.486 e. The number of amides is 1. The van der Waals surface area contributed by atoms with Gasteiger partial charge in [0.15, 0.2) is 5.78 Å². The van der Waals surface area contributed by atoms with Crippen LogP contribution in [0.1, 0.15) is 31.1 Å². The molecule has 0 aliphatic rings. The van der Waals surface area contributed by atoms with E-state index in [-0.39, 0.29) is 18.3 Å². The van der Waals surface area contributed by atoms with E-state index in [1.54, 1.807) is 36.4 Å². The lowest BCUT2D eigenvalue weighted by Gasteiger charge is -2.16. The molecule has 23 heavy (non-hydrogen) atoms. The highest BCUT2D eigenvalue weighted by Gasteiger charge is 2.21. The van der Waals surface area contributed by atoms with Gasteiger partial charge in [0.25, 0.3) is 5.91 Å². The van der Waals surface area contributed by atoms with Crippen molar-refractivity contribution in [3.63, 3.8) is 0 Å². The van der Waals surface area contributed by atoms with Crippen LogP contribution < -0.4 is 10.1 Å². The molecule has 0 heterocycles. The van der Waals surface area contributed by atoms with Gasteiger partial charge in [0.05, 0.1) is 0 Å². The maximum atomic E-state index is 12.0. The van der Waals surface area contributed by atoms with Crippen molar-refractivity contribution < 1.29 is 14.3 Å². The first-order valence-corrected chi connectivity index (χ1v) is 7.49. The number of carbonyl (C=O) groups excluding carboxylic acids is 2. The Kier molecular flexibility index (Phi) is 5.16. The Hall–Kier alpha value is -2.62. The van der Waals surface area contributed by atoms with Gasteiger partial charge in [-0.15, -0.1) is 0 Å². The first-order valence-electron chi connectivity index (χ1n) is 7.49. The summed E-state index contributed by atoms with van der Waals surface area (Å²) in [6.07, 6.45) is 0. The summed E-state index contributed by atoms with van der Waals surface area (Å²) in [6, 6.07) is 16.0. The molecule has 2 rings (SSSR count). The molecule has 0 fully saturated rings. The number of ketones is 1. The standard InChI is InChI=1S/C19H21NO3/c1-19(2,3)17(21)13-23-16-11-9-15(10-12-16)20-18(22)14-7-5-4-6-8-14/h4-12H,13H2,1-3H3,(H,20,22). The summed E-state index contributed by atoms with van der Waals surface area (Å²) in [5, 5.41) is 2.81. The normalized spacial score (nSPS) is 10.9. The fraction of sp³-hybridized carbons (Fsp3) is 0.263. The molecule has 0 aromatic heterocycles. The molecule has 0 saturated carbocycles. The van der Waals surface area contributed by atoms with E-state index in [1.807, 2.05) is 39.0 Å². The maximum Gasteiger partial charge on any atom is 0.255 e. The van der Waals surface area contributed by atoms with Gasteiger partial charge in [-0.2, -0.15) is 0 Å². The third-order valence-corrected chi connectivity index (χ3v) is 3.35. The highest BCUT2D eigenvalue weighted by Crippen LogP contribution is 2.19. The minimum atomic E-state index is -0.413. The van der Waals surface area contributed by atoms with E-state index in [1.165, 1.54) is 0 Å². The van der Waals surface area contributed by atoms with E-state index >= 15 is 0 Å². The monoisotopic (exact) mass is 311 g/mol. The zero-order chi connectivity index (χ0) is 16.9. The number of anilines is 1. The van der Waals surface area contributed by atoms with E-state index in [9.17, 15) is 9.59 Å². The van der Waals surface area contributed by atoms with Gasteiger partial charge in [0, 0.05) is 16.7 Å². The predicted molar refractivity (Wildman–Crippen MR) is 90.8 cm³/mol. The Bertz CT molecular complexity index is 670. The van der Waals surface area contributed by atoms with Crippen molar-refractivity contribution in [2.75, 3.05) is 11.9 Å². The average molecular weight is 311 g/mol. The van der Waals surface area contributed by atoms with E-state index in [4.69, 9.17) is 4.74 Å². The Balaban J connectivity index is 1.92. The molecule has 0 atom stereocenters. The second kappa shape index (κ2) is 7.09. The number of hydrogen-bond donors (Lipinski definition) is 1. The number of ether oxygens (including phenoxy) is 1. The molecule has 1 amide bonds. The summed E-state index contributed by atoms with van der Waals surface area (Å²) in [5.41, 5.74) is 0.862. The first kappa shape index (κ1) is 16.7. The molecule has 0 aliphatic heterocycles. The molecular formula is C19H21NO3. The van der Waals surface area contributed by atoms with Crippen LogP contribution in [0, 0.1) is 5.41 Å². The Morgan fingerprint density at radius 3 is 2.13 bits per heavy atom. The van der Waals surface area contributed by atoms with Gasteiger partial charge in [-0.25, -0.2) is 0 Å². The molecule has 0 aliphatic carbocycles. The fourth-order valence-corrected chi connectivity index (χ4v) is 1.79. The third-order valence-electron chi connectivity index (χ3n) is 3.35. The molecule has 4 nitrogen and oxygen atoms in total. The lowest BCUT2D eigenvalue weighted by atomic mass is 9.91. The van der Waals surface area contributed by atoms with Crippen LogP contribution in [0.2, 0.25) is 0 Å². The Morgan fingerprint density at radius 1 is 0.957 bits per heavy atom. The zero-order valence-electron chi connectivity index (χ0n) is 13.6. The zero-order valence-corrected chi connectivity index (χ0v) is 13.6. The molecule has 0 saturated heterocycles. The highest BCUT2D eigenvalue weighted by atomic mass is 16.5. The van der Waals surface area contributed by atoms with Crippen LogP contribution in [0.15, 0.2) is 54.6 Å². The summed E-state index contributed by atoms with van der Waals surface area (Å²) in [5.74, 6) is 0.474. The van der Waals surface area contributed by atoms with Crippen molar-refractivity contribution in [1.82, 2.24) is 0 Å². The number of nitrogens with one attached hydrogen (secondary N) is 1. The molecule has 1 N–H and O–H groups in total. The second-order valence-corrected chi connectivity index (χ2v) is 6.31. The second-order valence-electron chi connectivity index (χ2n) is 6.31. The van der Waals surface area contributed by atoms with Crippen LogP contribution in [0.3, 0.4) is 0 Å². The molecular weight excluding hydrogens is 290 g/mol. The number of Topliss-reactive ketones (excluding diaryl/α,β-unsaturated/α-hetero) is 1. The summed E-state index contributed by atoms with van der Waals surface area (Å²) >= 11 is 0. The van der Waals surface area contributed by atoms with E-state index in [0.29, 0.717) is 17.0 Å². The highest BCUT2D eigenvalue weighted by molar-refractivity contribution is 6.04. The van der Waals surface area contributed by atoms with E-state index in [0.717, 1.165) is 0 Å². The van der Waals surface area contributed by atoms with Gasteiger partial charge < -0.3 is 10.1 Å². The summed E-state index contributed by atoms with van der Waals surface area (Å²) in [6.45, 7) is 5.63. The van der Waals surface area contributed by atoms with Crippen LogP contribution in [0.5, 0.6) is 5.75 Å². The molecule has 120 valence electrons. The van der Waals surface area contributed by atoms with Crippen molar-refractivity contribution in [3.8, 4) is 5.75 Å². The number of rotatable bonds is 5. The van der Waals surface area contributed by atoms with E-state index < -0.39 is 5.41 Å². The molecule has 0 spiro atoms. The topological polar surface area (TPSA) is 55.4 Å². The van der Waals surface area contributed by atoms with Crippen LogP contribution in [0.4, 0.5) is 5.69 Å². The van der Waals surface area contributed by atoms with Crippen molar-refractivity contribution in [3.05, 3.63) is 60.2 Å². The van der Waals surface area contributed by atoms with Crippen molar-refractivity contribution in [2.24, 2.45) is 5.41 Å². The van der Waals surface area contributed by atoms with Gasteiger partial charge in [-0.3, -0.25) is 9.59 Å². The summed E-state index contributed by atoms with van der Waals surface area (Å²) in [4.78, 5) is 23.9. The van der Waals surface area contributed by atoms with Crippen molar-refractivity contribution >= 4 is 17.4 Å². The lowest BCUT2D eigenvalue weighted by molar-refractivity contribution is -0.128. The van der Waals surface area contributed by atoms with Gasteiger partial charge in [0.1, 0.15) is 12.4 Å². The molecule has 0 radical (unpaired) electrons. The van der Waals surface area contributed by atoms with Crippen LogP contribution >= 0.6 is 0 Å². The van der Waals surface area contributed by atoms with Crippen LogP contribution in [0.25, 0.3) is 0 Å². The quantitative estimate of drug-likeness (QED) is 0.910. The number of hydrogen-bond acceptors (Lipinski definition) is 3. The molecule has 0 bridgehead atoms. The molecule has 2 aromatic carbocycles. The van der Waals surface area contributed by atoms with Crippen LogP contribution in [-0.2, 0) is 4.79 Å². The third kappa shape index (κ3) is 4.95. The van der Waals surface area contributed by atoms with Crippen LogP contribution in [-0.4, -0.2) is 18.3 Å². The number of benzene rings is 2. The Morgan fingerprint density at radius 2 is 1.57 bits per heavy atom. The lowest BCUT2D eigenvalue weighted by Crippen LogP contribution is -2.26. The van der Waals surface area contributed by atoms with Gasteiger partial charge in [-0.05, 0) is 36.4 Å². The molecule has 2 aromatic rings. The first-order chi connectivity index (χ1) is 10.9. The Labute approximate surface area is 136 Å². The molecule has 4 heteroatoms. The number of carbonyl (C=O) groups is 2. The van der Waals surface area contributed by atoms with Gasteiger partial charge >= 0.3 is 0 Å². The maximum absolute atomic E-state index is 12.0. The van der Waals surface area contributed by atoms with E-state index in [2.05, 4.69) is 5.32 Å². The summed E-state index contributed by atoms with van der Waals surface area (Å²) < 4.78 is 5.48. The van der Waals surface area contributed by atoms with Crippen molar-refractivity contribution in [2.45, 2.75) is 20.8 Å². The average Bonchev–Trinajstić information content (AvgIpc) is 2.53. The summed E-state index contributed by atoms with van der Waals surface area (Å²) in [7, 11) is 0. The smallest absolute Gasteiger partial charge is 0.255 e. The minimum absolute atomic E-state index is 0.0407. The predicted octanol–water partition coefficient (Wildman–Crippen LogP) is 3.93. The molecule has 0 unspecified atom stereocenters. The largest absolute Gasteiger partial charge is 0.486 e. The van der Waals surface area contributed by atoms with Gasteiger partial charge in [0.2, 0.25) is 0 Å².